The first-order chi connectivity index (χ1) is 47.5. The molecule has 0 radical (unpaired) electrons. The van der Waals surface area contributed by atoms with E-state index in [9.17, 15) is 41.7 Å². The lowest BCUT2D eigenvalue weighted by Crippen LogP contribution is -2.42. The highest BCUT2D eigenvalue weighted by Crippen LogP contribution is 2.47. The summed E-state index contributed by atoms with van der Waals surface area (Å²) in [5.74, 6) is -2.63. The van der Waals surface area contributed by atoms with Crippen LogP contribution in [0.3, 0.4) is 0 Å². The summed E-state index contributed by atoms with van der Waals surface area (Å²) in [4.78, 5) is 85.7. The number of benzene rings is 4. The molecule has 0 spiro atoms. The molecule has 0 saturated heterocycles. The number of nitrogens with zero attached hydrogens (tertiary/aromatic N) is 3. The lowest BCUT2D eigenvalue weighted by molar-refractivity contribution is -0.438. The van der Waals surface area contributed by atoms with Crippen molar-refractivity contribution in [2.45, 2.75) is 198 Å². The van der Waals surface area contributed by atoms with E-state index < -0.39 is 55.7 Å². The van der Waals surface area contributed by atoms with Crippen LogP contribution in [-0.2, 0) is 69.7 Å². The minimum absolute atomic E-state index is 0.0198. The van der Waals surface area contributed by atoms with E-state index in [0.29, 0.717) is 38.8 Å². The summed E-state index contributed by atoms with van der Waals surface area (Å²) in [7, 11) is -4.05. The van der Waals surface area contributed by atoms with Crippen LogP contribution in [0.1, 0.15) is 197 Å². The highest BCUT2D eigenvalue weighted by Gasteiger charge is 2.48. The van der Waals surface area contributed by atoms with Gasteiger partial charge in [0.2, 0.25) is 17.5 Å². The number of fused-ring (bicyclic) bond motifs is 6. The van der Waals surface area contributed by atoms with Crippen molar-refractivity contribution in [3.05, 3.63) is 132 Å². The van der Waals surface area contributed by atoms with Gasteiger partial charge in [0.25, 0.3) is 10.1 Å². The van der Waals surface area contributed by atoms with Crippen molar-refractivity contribution in [2.75, 3.05) is 82.9 Å². The maximum absolute atomic E-state index is 14.6. The summed E-state index contributed by atoms with van der Waals surface area (Å²) in [6.45, 7) is 26.9. The molecule has 6 rings (SSSR count). The molecule has 100 heavy (non-hydrogen) atoms. The van der Waals surface area contributed by atoms with Gasteiger partial charge in [-0.3, -0.25) is 38.2 Å². The van der Waals surface area contributed by atoms with E-state index in [0.717, 1.165) is 81.4 Å². The van der Waals surface area contributed by atoms with Crippen molar-refractivity contribution in [2.24, 2.45) is 21.7 Å². The highest BCUT2D eigenvalue weighted by atomic mass is 32.2. The quantitative estimate of drug-likeness (QED) is 0.00934. The second-order valence-electron chi connectivity index (χ2n) is 29.5. The Morgan fingerprint density at radius 3 is 1.87 bits per heavy atom. The summed E-state index contributed by atoms with van der Waals surface area (Å²) in [6, 6.07) is 25.5. The normalized spacial score (nSPS) is 15.6. The number of rotatable bonds is 44. The zero-order valence-corrected chi connectivity index (χ0v) is 62.9. The third-order valence-electron chi connectivity index (χ3n) is 19.6. The van der Waals surface area contributed by atoms with Crippen LogP contribution < -0.4 is 15.5 Å². The van der Waals surface area contributed by atoms with E-state index in [-0.39, 0.29) is 101 Å². The monoisotopic (exact) mass is 1400 g/mol. The third kappa shape index (κ3) is 23.8. The number of hydrogen-bond donors (Lipinski definition) is 3. The summed E-state index contributed by atoms with van der Waals surface area (Å²) in [6.07, 6.45) is 24.4. The van der Waals surface area contributed by atoms with Crippen molar-refractivity contribution in [3.8, 4) is 0 Å². The van der Waals surface area contributed by atoms with E-state index in [4.69, 9.17) is 18.9 Å². The Morgan fingerprint density at radius 1 is 0.610 bits per heavy atom. The van der Waals surface area contributed by atoms with Gasteiger partial charge in [-0.2, -0.15) is 13.0 Å². The number of ether oxygens (including phenoxy) is 4. The smallest absolute Gasteiger partial charge is 0.311 e. The van der Waals surface area contributed by atoms with Crippen molar-refractivity contribution in [3.63, 3.8) is 0 Å². The van der Waals surface area contributed by atoms with Crippen LogP contribution in [0.4, 0.5) is 11.4 Å². The molecule has 548 valence electrons. The van der Waals surface area contributed by atoms with Gasteiger partial charge in [0.1, 0.15) is 26.4 Å². The van der Waals surface area contributed by atoms with Gasteiger partial charge in [-0.1, -0.05) is 125 Å². The topological polar surface area (TPSA) is 227 Å². The number of hydrogen-bond acceptors (Lipinski definition) is 14. The summed E-state index contributed by atoms with van der Waals surface area (Å²) < 4.78 is 58.1. The van der Waals surface area contributed by atoms with E-state index >= 15 is 0 Å². The van der Waals surface area contributed by atoms with Crippen LogP contribution in [0.2, 0.25) is 0 Å². The Morgan fingerprint density at radius 2 is 1.19 bits per heavy atom. The van der Waals surface area contributed by atoms with Gasteiger partial charge in [0, 0.05) is 68.4 Å². The second kappa shape index (κ2) is 38.5. The van der Waals surface area contributed by atoms with Crippen LogP contribution in [0.15, 0.2) is 121 Å². The zero-order valence-electron chi connectivity index (χ0n) is 62.1. The Bertz CT molecular complexity index is 3710. The van der Waals surface area contributed by atoms with Crippen molar-refractivity contribution < 1.29 is 65.3 Å². The Balaban J connectivity index is 1.08. The van der Waals surface area contributed by atoms with Gasteiger partial charge in [-0.05, 0) is 184 Å². The van der Waals surface area contributed by atoms with Gasteiger partial charge in [-0.25, -0.2) is 0 Å². The van der Waals surface area contributed by atoms with Crippen molar-refractivity contribution >= 4 is 84.4 Å². The van der Waals surface area contributed by atoms with Gasteiger partial charge >= 0.3 is 23.9 Å². The fourth-order valence-corrected chi connectivity index (χ4v) is 14.2. The van der Waals surface area contributed by atoms with Crippen LogP contribution in [0, 0.1) is 21.7 Å². The van der Waals surface area contributed by atoms with Gasteiger partial charge in [0.05, 0.1) is 52.5 Å². The number of carbonyl (C=O) groups is 6. The molecular weight excluding hydrogens is 1280 g/mol. The number of anilines is 1. The number of unbranched alkanes of at least 4 members (excludes halogenated alkanes) is 5. The Hall–Kier alpha value is -7.48. The molecule has 2 aliphatic rings. The molecule has 0 fully saturated rings. The SMILES string of the molecule is CCCCN(CCCC)CCOC(=O)C(C)(CCC(C)(CCC(C)(C)C(=O)OCCNC(C)=O)C(=O)OCCNC(=O)CCCCCN1\C(=C/C=C/C=C/C=C/C2=[N+](CCCCS(=O)(=O)O)c3ccc4ccccc4c3C2(C)C)Cc2c1ccc1ccccc21)CC(C)(C)C(=O)OCCC. The van der Waals surface area contributed by atoms with Gasteiger partial charge in [-0.15, -0.1) is 0 Å². The standard InChI is InChI=1S/C81H115N5O13S/c1-13-16-49-84(50-17-14-2)53-57-99-76(92)81(12,60-78(7,8)74(90)96-54-15-3)46-45-80(11,44-43-77(5,6)73(89)97-55-47-82-61(4)87)75(91)98-56-48-83-71(88)38-24-21-29-51-85-64(59-67-65-35-27-25-32-62(65)39-41-68(67)85)34-22-19-18-20-23-37-70-79(9,10)72-66-36-28-26-33-63(66)40-42-69(72)86(70)52-30-31-58-100(93,94)95/h18-20,22-23,25-28,32-37,39-42H,13-17,21,24,29-31,38,43-60H2,1-12H3,(H2-,82,83,87,88,93,94,95)/p+1. The Kier molecular flexibility index (Phi) is 31.4. The summed E-state index contributed by atoms with van der Waals surface area (Å²) in [5, 5.41) is 10.3. The fourth-order valence-electron chi connectivity index (χ4n) is 13.7. The molecule has 0 bridgehead atoms. The molecule has 0 aromatic heterocycles. The Labute approximate surface area is 596 Å². The lowest BCUT2D eigenvalue weighted by Gasteiger charge is -2.38. The van der Waals surface area contributed by atoms with Crippen LogP contribution in [-0.4, -0.2) is 142 Å². The molecule has 4 aromatic carbocycles. The molecule has 2 amide bonds. The zero-order chi connectivity index (χ0) is 73.2. The van der Waals surface area contributed by atoms with E-state index in [1.54, 1.807) is 41.5 Å². The molecule has 0 aliphatic carbocycles. The number of carbonyl (C=O) groups excluding carboxylic acids is 6. The number of allylic oxidation sites excluding steroid dienone is 8. The van der Waals surface area contributed by atoms with E-state index in [1.807, 2.05) is 31.2 Å². The predicted octanol–water partition coefficient (Wildman–Crippen LogP) is 15.0. The van der Waals surface area contributed by atoms with Gasteiger partial charge < -0.3 is 34.5 Å². The highest BCUT2D eigenvalue weighted by molar-refractivity contribution is 7.85. The maximum atomic E-state index is 14.6. The first kappa shape index (κ1) is 81.5. The van der Waals surface area contributed by atoms with Gasteiger partial charge in [0.15, 0.2) is 5.71 Å². The van der Waals surface area contributed by atoms with Crippen LogP contribution >= 0.6 is 0 Å². The predicted molar refractivity (Wildman–Crippen MR) is 400 cm³/mol. The molecule has 3 N–H and O–H groups in total. The summed E-state index contributed by atoms with van der Waals surface area (Å²) in [5.41, 5.74) is 2.14. The van der Waals surface area contributed by atoms with E-state index in [2.05, 4.69) is 144 Å². The molecule has 18 nitrogen and oxygen atoms in total. The fraction of sp³-hybridized carbons (Fsp3) is 0.568. The van der Waals surface area contributed by atoms with Crippen molar-refractivity contribution in [1.29, 1.82) is 0 Å². The minimum atomic E-state index is -4.05. The first-order valence-electron chi connectivity index (χ1n) is 36.5. The largest absolute Gasteiger partial charge is 0.465 e. The molecule has 2 atom stereocenters. The summed E-state index contributed by atoms with van der Waals surface area (Å²) >= 11 is 0. The molecular formula is C81H116N5O13S+. The van der Waals surface area contributed by atoms with Crippen LogP contribution in [0.5, 0.6) is 0 Å². The number of nitrogens with one attached hydrogen (secondary N) is 2. The first-order valence-corrected chi connectivity index (χ1v) is 38.1. The van der Waals surface area contributed by atoms with Crippen LogP contribution in [0.25, 0.3) is 21.5 Å². The molecule has 2 aliphatic heterocycles. The number of amides is 2. The second-order valence-corrected chi connectivity index (χ2v) is 31.1. The van der Waals surface area contributed by atoms with E-state index in [1.165, 1.54) is 45.6 Å². The molecule has 0 saturated carbocycles. The molecule has 2 heterocycles. The minimum Gasteiger partial charge on any atom is -0.465 e. The average Bonchev–Trinajstić information content (AvgIpc) is 1.57. The van der Waals surface area contributed by atoms with Crippen molar-refractivity contribution in [1.82, 2.24) is 15.5 Å². The maximum Gasteiger partial charge on any atom is 0.311 e. The number of esters is 4. The third-order valence-corrected chi connectivity index (χ3v) is 20.4. The molecule has 19 heteroatoms. The average molecular weight is 1400 g/mol. The molecule has 4 aromatic rings. The lowest BCUT2D eigenvalue weighted by atomic mass is 9.67. The molecule has 2 unspecified atom stereocenters.